The first kappa shape index (κ1) is 17.7. The van der Waals surface area contributed by atoms with Gasteiger partial charge in [-0.05, 0) is 48.6 Å². The number of amides is 1. The van der Waals surface area contributed by atoms with E-state index in [0.717, 1.165) is 47.9 Å². The van der Waals surface area contributed by atoms with E-state index >= 15 is 0 Å². The number of carbonyl (C=O) groups excluding carboxylic acids is 1. The van der Waals surface area contributed by atoms with Gasteiger partial charge in [-0.2, -0.15) is 0 Å². The van der Waals surface area contributed by atoms with Crippen LogP contribution in [0.2, 0.25) is 0 Å². The van der Waals surface area contributed by atoms with Crippen LogP contribution in [0.3, 0.4) is 0 Å². The minimum Gasteiger partial charge on any atom is -0.348 e. The van der Waals surface area contributed by atoms with E-state index in [2.05, 4.69) is 28.4 Å². The van der Waals surface area contributed by atoms with Gasteiger partial charge in [-0.1, -0.05) is 43.2 Å². The summed E-state index contributed by atoms with van der Waals surface area (Å²) in [4.78, 5) is 16.3. The molecule has 2 fully saturated rings. The number of hydrogen-bond acceptors (Lipinski definition) is 3. The molecule has 1 aromatic carbocycles. The lowest BCUT2D eigenvalue weighted by molar-refractivity contribution is 0.0910. The zero-order valence-electron chi connectivity index (χ0n) is 15.3. The molecule has 2 heterocycles. The van der Waals surface area contributed by atoms with Gasteiger partial charge in [-0.15, -0.1) is 11.3 Å². The van der Waals surface area contributed by atoms with E-state index < -0.39 is 0 Å². The lowest BCUT2D eigenvalue weighted by Crippen LogP contribution is -2.45. The second-order valence-electron chi connectivity index (χ2n) is 7.73. The van der Waals surface area contributed by atoms with Crippen LogP contribution in [-0.2, 0) is 0 Å². The van der Waals surface area contributed by atoms with E-state index in [0.29, 0.717) is 6.04 Å². The summed E-state index contributed by atoms with van der Waals surface area (Å²) in [6.45, 7) is 3.51. The molecule has 0 spiro atoms. The fourth-order valence-corrected chi connectivity index (χ4v) is 5.22. The molecule has 138 valence electrons. The van der Waals surface area contributed by atoms with Crippen LogP contribution in [0.1, 0.15) is 48.2 Å². The smallest absolute Gasteiger partial charge is 0.262 e. The highest BCUT2D eigenvalue weighted by molar-refractivity contribution is 7.12. The largest absolute Gasteiger partial charge is 0.348 e. The summed E-state index contributed by atoms with van der Waals surface area (Å²) >= 11 is 1.54. The van der Waals surface area contributed by atoms with Gasteiger partial charge in [0.05, 0.1) is 4.88 Å². The molecule has 2 aliphatic rings. The van der Waals surface area contributed by atoms with Gasteiger partial charge in [0.15, 0.2) is 0 Å². The van der Waals surface area contributed by atoms with E-state index in [4.69, 9.17) is 0 Å². The maximum Gasteiger partial charge on any atom is 0.262 e. The number of carbonyl (C=O) groups is 1. The standard InChI is InChI=1S/C22H28N2OS/c25-22(21-20(12-15-26-21)18-8-2-1-3-9-18)23-19-10-13-24(14-11-19)16-17-6-4-5-7-17/h1-3,8-9,12,15,17,19H,4-7,10-11,13-14,16H2,(H,23,25). The van der Waals surface area contributed by atoms with E-state index in [9.17, 15) is 4.79 Å². The SMILES string of the molecule is O=C(NC1CCN(CC2CCCC2)CC1)c1sccc1-c1ccccc1. The summed E-state index contributed by atoms with van der Waals surface area (Å²) < 4.78 is 0. The number of likely N-dealkylation sites (tertiary alicyclic amines) is 1. The molecule has 1 aliphatic heterocycles. The molecule has 26 heavy (non-hydrogen) atoms. The van der Waals surface area contributed by atoms with Gasteiger partial charge in [-0.3, -0.25) is 4.79 Å². The number of piperidine rings is 1. The first-order valence-electron chi connectivity index (χ1n) is 9.96. The Kier molecular flexibility index (Phi) is 5.71. The molecule has 1 saturated heterocycles. The third kappa shape index (κ3) is 4.18. The maximum absolute atomic E-state index is 12.8. The van der Waals surface area contributed by atoms with Crippen LogP contribution in [0.4, 0.5) is 0 Å². The normalized spacial score (nSPS) is 19.7. The molecular formula is C22H28N2OS. The van der Waals surface area contributed by atoms with Gasteiger partial charge in [0, 0.05) is 31.2 Å². The Morgan fingerprint density at radius 2 is 1.77 bits per heavy atom. The molecule has 2 aromatic rings. The van der Waals surface area contributed by atoms with Gasteiger partial charge >= 0.3 is 0 Å². The lowest BCUT2D eigenvalue weighted by atomic mass is 10.0. The van der Waals surface area contributed by atoms with Crippen LogP contribution in [-0.4, -0.2) is 36.5 Å². The first-order valence-corrected chi connectivity index (χ1v) is 10.8. The first-order chi connectivity index (χ1) is 12.8. The predicted molar refractivity (Wildman–Crippen MR) is 109 cm³/mol. The molecule has 1 saturated carbocycles. The highest BCUT2D eigenvalue weighted by Crippen LogP contribution is 2.29. The third-order valence-electron chi connectivity index (χ3n) is 5.87. The summed E-state index contributed by atoms with van der Waals surface area (Å²) in [5, 5.41) is 5.31. The van der Waals surface area contributed by atoms with Crippen molar-refractivity contribution in [2.24, 2.45) is 5.92 Å². The fraction of sp³-hybridized carbons (Fsp3) is 0.500. The highest BCUT2D eigenvalue weighted by atomic mass is 32.1. The number of rotatable bonds is 5. The highest BCUT2D eigenvalue weighted by Gasteiger charge is 2.25. The molecule has 0 bridgehead atoms. The minimum absolute atomic E-state index is 0.0908. The molecule has 0 radical (unpaired) electrons. The molecule has 3 nitrogen and oxygen atoms in total. The number of thiophene rings is 1. The molecule has 0 atom stereocenters. The second-order valence-corrected chi connectivity index (χ2v) is 8.64. The Hall–Kier alpha value is -1.65. The van der Waals surface area contributed by atoms with Crippen LogP contribution >= 0.6 is 11.3 Å². The van der Waals surface area contributed by atoms with Gasteiger partial charge in [0.25, 0.3) is 5.91 Å². The van der Waals surface area contributed by atoms with Crippen LogP contribution < -0.4 is 5.32 Å². The maximum atomic E-state index is 12.8. The van der Waals surface area contributed by atoms with E-state index in [1.54, 1.807) is 11.3 Å². The quantitative estimate of drug-likeness (QED) is 0.822. The number of nitrogens with zero attached hydrogens (tertiary/aromatic N) is 1. The average molecular weight is 369 g/mol. The van der Waals surface area contributed by atoms with Crippen molar-refractivity contribution in [3.8, 4) is 11.1 Å². The average Bonchev–Trinajstić information content (AvgIpc) is 3.36. The molecule has 4 rings (SSSR count). The van der Waals surface area contributed by atoms with Crippen molar-refractivity contribution in [3.05, 3.63) is 46.7 Å². The van der Waals surface area contributed by atoms with Crippen LogP contribution in [0.15, 0.2) is 41.8 Å². The van der Waals surface area contributed by atoms with Crippen molar-refractivity contribution < 1.29 is 4.79 Å². The summed E-state index contributed by atoms with van der Waals surface area (Å²) in [7, 11) is 0. The monoisotopic (exact) mass is 368 g/mol. The summed E-state index contributed by atoms with van der Waals surface area (Å²) in [6, 6.07) is 12.6. The van der Waals surface area contributed by atoms with Crippen molar-refractivity contribution >= 4 is 17.2 Å². The molecule has 1 amide bonds. The molecule has 4 heteroatoms. The number of benzene rings is 1. The van der Waals surface area contributed by atoms with Gasteiger partial charge in [-0.25, -0.2) is 0 Å². The van der Waals surface area contributed by atoms with E-state index in [1.807, 2.05) is 23.6 Å². The number of nitrogens with one attached hydrogen (secondary N) is 1. The van der Waals surface area contributed by atoms with Crippen molar-refractivity contribution in [1.82, 2.24) is 10.2 Å². The van der Waals surface area contributed by atoms with Gasteiger partial charge < -0.3 is 10.2 Å². The summed E-state index contributed by atoms with van der Waals surface area (Å²) in [5.74, 6) is 1.01. The molecule has 1 N–H and O–H groups in total. The van der Waals surface area contributed by atoms with Crippen LogP contribution in [0.25, 0.3) is 11.1 Å². The summed E-state index contributed by atoms with van der Waals surface area (Å²) in [6.07, 6.45) is 7.81. The molecule has 1 aliphatic carbocycles. The Morgan fingerprint density at radius 1 is 1.04 bits per heavy atom. The lowest BCUT2D eigenvalue weighted by Gasteiger charge is -2.33. The van der Waals surface area contributed by atoms with Crippen molar-refractivity contribution in [2.45, 2.75) is 44.6 Å². The zero-order chi connectivity index (χ0) is 17.8. The van der Waals surface area contributed by atoms with E-state index in [1.165, 1.54) is 32.2 Å². The zero-order valence-corrected chi connectivity index (χ0v) is 16.1. The second kappa shape index (κ2) is 8.36. The topological polar surface area (TPSA) is 32.3 Å². The summed E-state index contributed by atoms with van der Waals surface area (Å²) in [5.41, 5.74) is 2.16. The number of hydrogen-bond donors (Lipinski definition) is 1. The van der Waals surface area contributed by atoms with Crippen LogP contribution in [0.5, 0.6) is 0 Å². The van der Waals surface area contributed by atoms with E-state index in [-0.39, 0.29) is 5.91 Å². The van der Waals surface area contributed by atoms with Crippen molar-refractivity contribution in [3.63, 3.8) is 0 Å². The van der Waals surface area contributed by atoms with Gasteiger partial charge in [0.2, 0.25) is 0 Å². The molecule has 1 aromatic heterocycles. The minimum atomic E-state index is 0.0908. The predicted octanol–water partition coefficient (Wildman–Crippen LogP) is 4.80. The Morgan fingerprint density at radius 3 is 2.50 bits per heavy atom. The Bertz CT molecular complexity index is 713. The molecule has 0 unspecified atom stereocenters. The Labute approximate surface area is 160 Å². The van der Waals surface area contributed by atoms with Crippen molar-refractivity contribution in [2.75, 3.05) is 19.6 Å². The fourth-order valence-electron chi connectivity index (χ4n) is 4.40. The Balaban J connectivity index is 1.31. The van der Waals surface area contributed by atoms with Crippen LogP contribution in [0, 0.1) is 5.92 Å². The van der Waals surface area contributed by atoms with Gasteiger partial charge in [0.1, 0.15) is 0 Å². The van der Waals surface area contributed by atoms with Crippen molar-refractivity contribution in [1.29, 1.82) is 0 Å². The third-order valence-corrected chi connectivity index (χ3v) is 6.78. The molecular weight excluding hydrogens is 340 g/mol.